The molecule has 0 atom stereocenters. The molecule has 0 aliphatic heterocycles. The van der Waals surface area contributed by atoms with Crippen LogP contribution in [0.2, 0.25) is 4.94 Å². The normalized spacial score (nSPS) is 9.44. The Hall–Kier alpha value is -0.0513. The zero-order valence-electron chi connectivity index (χ0n) is 5.46. The van der Waals surface area contributed by atoms with E-state index < -0.39 is 0 Å². The fourth-order valence-electron chi connectivity index (χ4n) is 0.707. The van der Waals surface area contributed by atoms with Gasteiger partial charge in [-0.2, -0.15) is 0 Å². The maximum absolute atomic E-state index is 4.03. The fourth-order valence-corrected chi connectivity index (χ4v) is 2.47. The van der Waals surface area contributed by atoms with E-state index in [1.807, 2.05) is 18.5 Å². The van der Waals surface area contributed by atoms with E-state index in [1.54, 1.807) is 0 Å². The number of rotatable bonds is 2. The summed E-state index contributed by atoms with van der Waals surface area (Å²) >= 11 is -0.0538. The summed E-state index contributed by atoms with van der Waals surface area (Å²) in [4.78, 5) is 6.37. The summed E-state index contributed by atoms with van der Waals surface area (Å²) in [5.41, 5.74) is 1.41. The van der Waals surface area contributed by atoms with Crippen molar-refractivity contribution in [1.82, 2.24) is 4.98 Å². The predicted octanol–water partition coefficient (Wildman–Crippen LogP) is 1.33. The van der Waals surface area contributed by atoms with Crippen LogP contribution in [-0.4, -0.2) is 26.1 Å². The Morgan fingerprint density at radius 3 is 3.11 bits per heavy atom. The molecule has 0 N–H and O–H groups in total. The van der Waals surface area contributed by atoms with Gasteiger partial charge in [-0.05, 0) is 0 Å². The first kappa shape index (κ1) is 7.06. The van der Waals surface area contributed by atoms with Gasteiger partial charge in [-0.3, -0.25) is 0 Å². The average Bonchev–Trinajstić information content (AvgIpc) is 1.91. The molecule has 1 rings (SSSR count). The van der Waals surface area contributed by atoms with E-state index in [1.165, 1.54) is 10.0 Å². The van der Waals surface area contributed by atoms with Gasteiger partial charge in [0.2, 0.25) is 0 Å². The van der Waals surface area contributed by atoms with E-state index in [4.69, 9.17) is 0 Å². The van der Waals surface area contributed by atoms with E-state index in [0.29, 0.717) is 0 Å². The number of pyridine rings is 1. The van der Waals surface area contributed by atoms with Crippen molar-refractivity contribution in [3.05, 3.63) is 30.1 Å². The van der Waals surface area contributed by atoms with Crippen molar-refractivity contribution in [1.29, 1.82) is 0 Å². The van der Waals surface area contributed by atoms with Gasteiger partial charge < -0.3 is 0 Å². The van der Waals surface area contributed by atoms with Crippen LogP contribution in [0.3, 0.4) is 0 Å². The first-order chi connectivity index (χ1) is 4.43. The Bertz CT molecular complexity index is 162. The second-order valence-electron chi connectivity index (χ2n) is 1.89. The molecule has 1 aromatic heterocycles. The van der Waals surface area contributed by atoms with Crippen LogP contribution in [0.5, 0.6) is 0 Å². The van der Waals surface area contributed by atoms with Crippen LogP contribution in [0.25, 0.3) is 0 Å². The van der Waals surface area contributed by atoms with E-state index in [2.05, 4.69) is 16.0 Å². The molecule has 0 fully saturated rings. The molecular formula is C7H9NSn. The summed E-state index contributed by atoms with van der Waals surface area (Å²) in [6, 6.07) is 4.15. The van der Waals surface area contributed by atoms with E-state index in [0.717, 1.165) is 0 Å². The van der Waals surface area contributed by atoms with Crippen molar-refractivity contribution >= 4 is 21.1 Å². The molecule has 9 heavy (non-hydrogen) atoms. The zero-order valence-corrected chi connectivity index (χ0v) is 8.32. The van der Waals surface area contributed by atoms with Gasteiger partial charge in [-0.15, -0.1) is 0 Å². The molecule has 0 saturated carbocycles. The van der Waals surface area contributed by atoms with Crippen LogP contribution < -0.4 is 0 Å². The molecule has 0 bridgehead atoms. The van der Waals surface area contributed by atoms with Gasteiger partial charge in [-0.1, -0.05) is 0 Å². The van der Waals surface area contributed by atoms with Crippen molar-refractivity contribution in [2.75, 3.05) is 0 Å². The van der Waals surface area contributed by atoms with Crippen molar-refractivity contribution in [2.45, 2.75) is 9.38 Å². The Morgan fingerprint density at radius 2 is 2.56 bits per heavy atom. The second-order valence-corrected chi connectivity index (χ2v) is 4.92. The van der Waals surface area contributed by atoms with Crippen molar-refractivity contribution in [2.24, 2.45) is 0 Å². The van der Waals surface area contributed by atoms with Gasteiger partial charge in [0, 0.05) is 0 Å². The summed E-state index contributed by atoms with van der Waals surface area (Å²) < 4.78 is 1.32. The van der Waals surface area contributed by atoms with E-state index in [-0.39, 0.29) is 21.1 Å². The summed E-state index contributed by atoms with van der Waals surface area (Å²) in [6.45, 7) is 0. The molecule has 0 aliphatic rings. The molecule has 0 saturated heterocycles. The van der Waals surface area contributed by atoms with Crippen LogP contribution in [0.1, 0.15) is 5.56 Å². The summed E-state index contributed by atoms with van der Waals surface area (Å²) in [5.74, 6) is 0. The standard InChI is InChI=1S/C6H6N.CH3.Sn/c1-6-3-2-4-7-5-6;;/h2-5H,1H2;1H3;. The van der Waals surface area contributed by atoms with Crippen LogP contribution in [-0.2, 0) is 4.44 Å². The Kier molecular flexibility index (Phi) is 3.04. The molecule has 0 aliphatic carbocycles. The fraction of sp³-hybridized carbons (Fsp3) is 0.286. The Balaban J connectivity index is 2.61. The van der Waals surface area contributed by atoms with Gasteiger partial charge >= 0.3 is 65.6 Å². The van der Waals surface area contributed by atoms with E-state index >= 15 is 0 Å². The molecule has 0 unspecified atom stereocenters. The third kappa shape index (κ3) is 2.35. The monoisotopic (exact) mass is 227 g/mol. The van der Waals surface area contributed by atoms with E-state index in [9.17, 15) is 0 Å². The van der Waals surface area contributed by atoms with Crippen LogP contribution in [0.4, 0.5) is 0 Å². The van der Waals surface area contributed by atoms with Crippen molar-refractivity contribution in [3.8, 4) is 0 Å². The quantitative estimate of drug-likeness (QED) is 0.693. The third-order valence-corrected chi connectivity index (χ3v) is 3.28. The Morgan fingerprint density at radius 1 is 1.67 bits per heavy atom. The maximum atomic E-state index is 4.03. The van der Waals surface area contributed by atoms with Crippen molar-refractivity contribution in [3.63, 3.8) is 0 Å². The molecule has 1 nitrogen and oxygen atoms in total. The predicted molar refractivity (Wildman–Crippen MR) is 39.6 cm³/mol. The van der Waals surface area contributed by atoms with Crippen LogP contribution in [0.15, 0.2) is 24.5 Å². The first-order valence-electron chi connectivity index (χ1n) is 2.97. The topological polar surface area (TPSA) is 12.9 Å². The summed E-state index contributed by atoms with van der Waals surface area (Å²) in [7, 11) is 0. The number of aromatic nitrogens is 1. The third-order valence-electron chi connectivity index (χ3n) is 1.10. The van der Waals surface area contributed by atoms with Gasteiger partial charge in [-0.25, -0.2) is 0 Å². The van der Waals surface area contributed by atoms with Crippen molar-refractivity contribution < 1.29 is 0 Å². The first-order valence-corrected chi connectivity index (χ1v) is 7.84. The van der Waals surface area contributed by atoms with Gasteiger partial charge in [0.25, 0.3) is 0 Å². The molecule has 2 heteroatoms. The number of nitrogens with zero attached hydrogens (tertiary/aromatic N) is 1. The molecule has 0 spiro atoms. The van der Waals surface area contributed by atoms with Gasteiger partial charge in [0.1, 0.15) is 0 Å². The van der Waals surface area contributed by atoms with Gasteiger partial charge in [0.15, 0.2) is 0 Å². The number of hydrogen-bond donors (Lipinski definition) is 0. The minimum atomic E-state index is -0.0538. The summed E-state index contributed by atoms with van der Waals surface area (Å²) in [5, 5.41) is 0. The molecular weight excluding hydrogens is 217 g/mol. The average molecular weight is 226 g/mol. The summed E-state index contributed by atoms with van der Waals surface area (Å²) in [6.07, 6.45) is 3.79. The zero-order chi connectivity index (χ0) is 6.53. The molecule has 1 heterocycles. The second kappa shape index (κ2) is 3.88. The SMILES string of the molecule is [CH3][Sn][CH2]c1cccnc1. The minimum absolute atomic E-state index is 0.0538. The molecule has 0 amide bonds. The molecule has 1 aromatic rings. The molecule has 2 radical (unpaired) electrons. The molecule has 46 valence electrons. The van der Waals surface area contributed by atoms with Gasteiger partial charge in [0.05, 0.1) is 0 Å². The Labute approximate surface area is 65.7 Å². The van der Waals surface area contributed by atoms with Crippen LogP contribution >= 0.6 is 0 Å². The van der Waals surface area contributed by atoms with Crippen LogP contribution in [0, 0.1) is 0 Å². The molecule has 0 aromatic carbocycles. The number of hydrogen-bond acceptors (Lipinski definition) is 1.